The maximum Gasteiger partial charge on any atom is 0.434 e. The monoisotopic (exact) mass is 434 g/mol. The molecular formula is C18H10ClF3N6O2. The van der Waals surface area contributed by atoms with Crippen LogP contribution >= 0.6 is 11.6 Å². The van der Waals surface area contributed by atoms with Gasteiger partial charge in [0.05, 0.1) is 16.8 Å². The highest BCUT2D eigenvalue weighted by atomic mass is 35.5. The molecule has 0 unspecified atom stereocenters. The summed E-state index contributed by atoms with van der Waals surface area (Å²) < 4.78 is 46.4. The smallest absolute Gasteiger partial charge is 0.342 e. The average molecular weight is 435 g/mol. The normalized spacial score (nSPS) is 11.5. The second-order valence-electron chi connectivity index (χ2n) is 5.91. The summed E-state index contributed by atoms with van der Waals surface area (Å²) in [4.78, 5) is 20.3. The lowest BCUT2D eigenvalue weighted by atomic mass is 10.1. The third kappa shape index (κ3) is 3.74. The number of carbonyl (C=O) groups excluding carboxylic acids is 1. The second-order valence-corrected chi connectivity index (χ2v) is 6.32. The summed E-state index contributed by atoms with van der Waals surface area (Å²) in [5.41, 5.74) is -1.09. The zero-order valence-corrected chi connectivity index (χ0v) is 15.5. The Balaban J connectivity index is 1.65. The van der Waals surface area contributed by atoms with E-state index in [1.165, 1.54) is 30.5 Å². The van der Waals surface area contributed by atoms with Crippen molar-refractivity contribution >= 4 is 23.2 Å². The van der Waals surface area contributed by atoms with Crippen LogP contribution in [-0.4, -0.2) is 30.8 Å². The molecule has 8 nitrogen and oxygen atoms in total. The molecule has 0 spiro atoms. The topological polar surface area (TPSA) is 98.7 Å². The van der Waals surface area contributed by atoms with Crippen molar-refractivity contribution < 1.29 is 22.5 Å². The van der Waals surface area contributed by atoms with Crippen molar-refractivity contribution in [3.63, 3.8) is 0 Å². The van der Waals surface area contributed by atoms with Crippen molar-refractivity contribution in [3.8, 4) is 17.2 Å². The Morgan fingerprint density at radius 2 is 1.90 bits per heavy atom. The summed E-state index contributed by atoms with van der Waals surface area (Å²) in [6, 6.07) is 9.00. The number of aromatic nitrogens is 5. The van der Waals surface area contributed by atoms with Crippen LogP contribution in [0.4, 0.5) is 18.9 Å². The fourth-order valence-corrected chi connectivity index (χ4v) is 2.88. The van der Waals surface area contributed by atoms with Crippen LogP contribution in [0, 0.1) is 0 Å². The van der Waals surface area contributed by atoms with Crippen LogP contribution in [-0.2, 0) is 6.18 Å². The Kier molecular flexibility index (Phi) is 4.96. The van der Waals surface area contributed by atoms with Gasteiger partial charge in [-0.1, -0.05) is 16.8 Å². The summed E-state index contributed by atoms with van der Waals surface area (Å²) in [6.07, 6.45) is -1.63. The third-order valence-electron chi connectivity index (χ3n) is 3.98. The number of carbonyl (C=O) groups is 1. The van der Waals surface area contributed by atoms with Crippen molar-refractivity contribution in [2.45, 2.75) is 6.18 Å². The molecule has 1 amide bonds. The van der Waals surface area contributed by atoms with Crippen molar-refractivity contribution in [1.29, 1.82) is 0 Å². The van der Waals surface area contributed by atoms with Gasteiger partial charge in [0.2, 0.25) is 12.2 Å². The summed E-state index contributed by atoms with van der Waals surface area (Å²) >= 11 is 5.95. The minimum atomic E-state index is -4.88. The van der Waals surface area contributed by atoms with E-state index in [1.54, 1.807) is 12.1 Å². The third-order valence-corrected chi connectivity index (χ3v) is 4.28. The number of benzene rings is 1. The van der Waals surface area contributed by atoms with E-state index in [-0.39, 0.29) is 16.5 Å². The highest BCUT2D eigenvalue weighted by Gasteiger charge is 2.41. The minimum absolute atomic E-state index is 0.0462. The molecule has 3 aromatic heterocycles. The number of nitrogens with zero attached hydrogens (tertiary/aromatic N) is 5. The van der Waals surface area contributed by atoms with E-state index in [0.717, 1.165) is 12.6 Å². The first-order chi connectivity index (χ1) is 14.3. The summed E-state index contributed by atoms with van der Waals surface area (Å²) in [7, 11) is 0. The zero-order chi connectivity index (χ0) is 21.3. The molecule has 0 bridgehead atoms. The van der Waals surface area contributed by atoms with Gasteiger partial charge in [-0.25, -0.2) is 9.67 Å². The molecule has 4 rings (SSSR count). The van der Waals surface area contributed by atoms with Gasteiger partial charge in [0, 0.05) is 17.4 Å². The molecule has 3 heterocycles. The van der Waals surface area contributed by atoms with Crippen LogP contribution in [0.5, 0.6) is 0 Å². The molecule has 0 atom stereocenters. The van der Waals surface area contributed by atoms with Gasteiger partial charge in [-0.05, 0) is 36.4 Å². The van der Waals surface area contributed by atoms with Gasteiger partial charge < -0.3 is 9.84 Å². The molecule has 30 heavy (non-hydrogen) atoms. The first-order valence-corrected chi connectivity index (χ1v) is 8.66. The SMILES string of the molecule is O=C(Nc1ccc(-c2ncon2)cc1)c1cnn(-c2ncccc2Cl)c1C(F)(F)F. The fraction of sp³-hybridized carbons (Fsp3) is 0.0556. The summed E-state index contributed by atoms with van der Waals surface area (Å²) in [5.74, 6) is -0.899. The van der Waals surface area contributed by atoms with Gasteiger partial charge in [0.15, 0.2) is 11.5 Å². The van der Waals surface area contributed by atoms with Gasteiger partial charge in [-0.2, -0.15) is 23.3 Å². The van der Waals surface area contributed by atoms with Crippen LogP contribution in [0.15, 0.2) is 59.7 Å². The quantitative estimate of drug-likeness (QED) is 0.515. The Morgan fingerprint density at radius 3 is 2.53 bits per heavy atom. The zero-order valence-electron chi connectivity index (χ0n) is 14.8. The molecule has 0 saturated heterocycles. The molecule has 0 aliphatic heterocycles. The van der Waals surface area contributed by atoms with E-state index in [2.05, 4.69) is 30.1 Å². The Bertz CT molecular complexity index is 1190. The van der Waals surface area contributed by atoms with E-state index in [0.29, 0.717) is 16.1 Å². The number of hydrogen-bond donors (Lipinski definition) is 1. The highest BCUT2D eigenvalue weighted by Crippen LogP contribution is 2.35. The lowest BCUT2D eigenvalue weighted by molar-refractivity contribution is -0.143. The van der Waals surface area contributed by atoms with Gasteiger partial charge >= 0.3 is 6.18 Å². The standard InChI is InChI=1S/C18H10ClF3N6O2/c19-13-2-1-7-23-16(13)28-14(18(20,21)22)12(8-25-28)17(29)26-11-5-3-10(4-6-11)15-24-9-30-27-15/h1-9H,(H,26,29). The maximum absolute atomic E-state index is 13.7. The Hall–Kier alpha value is -3.73. The van der Waals surface area contributed by atoms with E-state index in [4.69, 9.17) is 11.6 Å². The van der Waals surface area contributed by atoms with Gasteiger partial charge in [0.1, 0.15) is 0 Å². The number of rotatable bonds is 4. The first-order valence-electron chi connectivity index (χ1n) is 8.29. The predicted octanol–water partition coefficient (Wildman–Crippen LogP) is 4.24. The number of alkyl halides is 3. The molecule has 1 aromatic carbocycles. The molecule has 0 saturated carbocycles. The largest absolute Gasteiger partial charge is 0.434 e. The number of anilines is 1. The van der Waals surface area contributed by atoms with Crippen molar-refractivity contribution in [1.82, 2.24) is 24.9 Å². The highest BCUT2D eigenvalue weighted by molar-refractivity contribution is 6.32. The number of hydrogen-bond acceptors (Lipinski definition) is 6. The molecule has 152 valence electrons. The Morgan fingerprint density at radius 1 is 1.13 bits per heavy atom. The molecule has 0 aliphatic rings. The van der Waals surface area contributed by atoms with Crippen LogP contribution in [0.2, 0.25) is 5.02 Å². The van der Waals surface area contributed by atoms with E-state index >= 15 is 0 Å². The number of nitrogens with one attached hydrogen (secondary N) is 1. The second kappa shape index (κ2) is 7.59. The van der Waals surface area contributed by atoms with Crippen molar-refractivity contribution in [2.24, 2.45) is 0 Å². The molecule has 0 aliphatic carbocycles. The van der Waals surface area contributed by atoms with Crippen molar-refractivity contribution in [3.05, 3.63) is 71.5 Å². The molecule has 12 heteroatoms. The average Bonchev–Trinajstić information content (AvgIpc) is 3.39. The first kappa shape index (κ1) is 19.6. The number of pyridine rings is 1. The fourth-order valence-electron chi connectivity index (χ4n) is 2.68. The lowest BCUT2D eigenvalue weighted by Gasteiger charge is -2.13. The van der Waals surface area contributed by atoms with E-state index in [1.807, 2.05) is 0 Å². The van der Waals surface area contributed by atoms with Crippen LogP contribution in [0.25, 0.3) is 17.2 Å². The molecule has 1 N–H and O–H groups in total. The minimum Gasteiger partial charge on any atom is -0.342 e. The van der Waals surface area contributed by atoms with Gasteiger partial charge in [0.25, 0.3) is 5.91 Å². The summed E-state index contributed by atoms with van der Waals surface area (Å²) in [6.45, 7) is 0. The molecule has 0 fully saturated rings. The van der Waals surface area contributed by atoms with Crippen molar-refractivity contribution in [2.75, 3.05) is 5.32 Å². The number of amides is 1. The summed E-state index contributed by atoms with van der Waals surface area (Å²) in [5, 5.41) is 9.73. The van der Waals surface area contributed by atoms with Gasteiger partial charge in [-0.15, -0.1) is 0 Å². The lowest BCUT2D eigenvalue weighted by Crippen LogP contribution is -2.21. The molecular weight excluding hydrogens is 425 g/mol. The molecule has 0 radical (unpaired) electrons. The number of halogens is 4. The van der Waals surface area contributed by atoms with Crippen LogP contribution in [0.3, 0.4) is 0 Å². The van der Waals surface area contributed by atoms with Crippen LogP contribution in [0.1, 0.15) is 16.1 Å². The predicted molar refractivity (Wildman–Crippen MR) is 99.1 cm³/mol. The maximum atomic E-state index is 13.7. The Labute approximate surface area is 171 Å². The van der Waals surface area contributed by atoms with E-state index in [9.17, 15) is 18.0 Å². The van der Waals surface area contributed by atoms with Crippen LogP contribution < -0.4 is 5.32 Å². The molecule has 4 aromatic rings. The van der Waals surface area contributed by atoms with E-state index < -0.39 is 23.3 Å². The van der Waals surface area contributed by atoms with Gasteiger partial charge in [-0.3, -0.25) is 4.79 Å².